The van der Waals surface area contributed by atoms with Gasteiger partial charge in [0.2, 0.25) is 0 Å². The molecule has 0 saturated heterocycles. The van der Waals surface area contributed by atoms with Gasteiger partial charge in [0.1, 0.15) is 11.3 Å². The summed E-state index contributed by atoms with van der Waals surface area (Å²) < 4.78 is 15.5. The molecule has 0 aliphatic carbocycles. The fraction of sp³-hybridized carbons (Fsp3) is 0.278. The van der Waals surface area contributed by atoms with E-state index in [1.54, 1.807) is 31.2 Å². The van der Waals surface area contributed by atoms with Crippen molar-refractivity contribution in [2.75, 3.05) is 13.1 Å². The first-order valence-electron chi connectivity index (χ1n) is 8.17. The normalized spacial score (nSPS) is 13.5. The number of carbonyl (C=O) groups is 2. The quantitative estimate of drug-likeness (QED) is 0.886. The number of nitrogens with zero attached hydrogens (tertiary/aromatic N) is 2. The average Bonchev–Trinajstić information content (AvgIpc) is 2.63. The van der Waals surface area contributed by atoms with Crippen molar-refractivity contribution in [2.45, 2.75) is 20.0 Å². The number of aromatic nitrogens is 1. The number of likely N-dealkylation sites (N-methyl/N-ethyl adjacent to an activating group) is 1. The second kappa shape index (κ2) is 7.29. The van der Waals surface area contributed by atoms with E-state index in [1.165, 1.54) is 4.90 Å². The summed E-state index contributed by atoms with van der Waals surface area (Å²) in [6, 6.07) is 7.67. The number of nitrogens with one attached hydrogen (secondary N) is 1. The lowest BCUT2D eigenvalue weighted by Gasteiger charge is -2.28. The molecule has 26 heavy (non-hydrogen) atoms. The highest BCUT2D eigenvalue weighted by atomic mass is 35.5. The maximum atomic E-state index is 14.4. The van der Waals surface area contributed by atoms with Crippen LogP contribution >= 0.6 is 11.6 Å². The number of fused-ring (bicyclic) bond motifs is 1. The number of hydrogen-bond acceptors (Lipinski definition) is 3. The van der Waals surface area contributed by atoms with Gasteiger partial charge in [-0.25, -0.2) is 4.39 Å². The number of benzene rings is 1. The highest BCUT2D eigenvalue weighted by molar-refractivity contribution is 6.30. The Morgan fingerprint density at radius 1 is 1.23 bits per heavy atom. The van der Waals surface area contributed by atoms with Crippen molar-refractivity contribution in [3.63, 3.8) is 0 Å². The molecule has 0 fully saturated rings. The molecule has 1 aromatic heterocycles. The van der Waals surface area contributed by atoms with Crippen LogP contribution in [-0.4, -0.2) is 34.4 Å². The first-order valence-corrected chi connectivity index (χ1v) is 8.55. The standard InChI is InChI=1S/C18H17ClFN3O3/c1-2-22-7-8-23-15(18(22)26)14(20)9-13(17(23)25)16(24)21-10-11-3-5-12(19)6-4-11/h3-6,9H,2,7-8,10H2,1H3,(H,21,24). The minimum absolute atomic E-state index is 0.156. The Balaban J connectivity index is 1.86. The number of halogens is 2. The van der Waals surface area contributed by atoms with Crippen LogP contribution in [0.2, 0.25) is 5.02 Å². The molecular weight excluding hydrogens is 361 g/mol. The van der Waals surface area contributed by atoms with Crippen LogP contribution < -0.4 is 10.9 Å². The number of amides is 2. The van der Waals surface area contributed by atoms with E-state index in [9.17, 15) is 18.8 Å². The van der Waals surface area contributed by atoms with E-state index in [1.807, 2.05) is 0 Å². The summed E-state index contributed by atoms with van der Waals surface area (Å²) in [6.07, 6.45) is 0. The summed E-state index contributed by atoms with van der Waals surface area (Å²) in [5.41, 5.74) is -0.496. The van der Waals surface area contributed by atoms with E-state index < -0.39 is 23.2 Å². The van der Waals surface area contributed by atoms with Gasteiger partial charge in [-0.3, -0.25) is 19.0 Å². The highest BCUT2D eigenvalue weighted by Crippen LogP contribution is 2.15. The predicted octanol–water partition coefficient (Wildman–Crippen LogP) is 2.05. The molecule has 3 rings (SSSR count). The molecule has 1 aromatic carbocycles. The third kappa shape index (κ3) is 3.35. The lowest BCUT2D eigenvalue weighted by atomic mass is 10.1. The molecule has 0 radical (unpaired) electrons. The molecule has 0 saturated carbocycles. The van der Waals surface area contributed by atoms with Gasteiger partial charge >= 0.3 is 0 Å². The fourth-order valence-electron chi connectivity index (χ4n) is 2.88. The van der Waals surface area contributed by atoms with Gasteiger partial charge in [-0.2, -0.15) is 0 Å². The van der Waals surface area contributed by atoms with E-state index in [2.05, 4.69) is 5.32 Å². The monoisotopic (exact) mass is 377 g/mol. The van der Waals surface area contributed by atoms with Gasteiger partial charge in [-0.05, 0) is 30.7 Å². The zero-order valence-electron chi connectivity index (χ0n) is 14.1. The second-order valence-electron chi connectivity index (χ2n) is 5.91. The van der Waals surface area contributed by atoms with Crippen LogP contribution in [0.3, 0.4) is 0 Å². The molecule has 6 nitrogen and oxygen atoms in total. The first kappa shape index (κ1) is 18.1. The Morgan fingerprint density at radius 2 is 1.92 bits per heavy atom. The lowest BCUT2D eigenvalue weighted by molar-refractivity contribution is 0.0700. The predicted molar refractivity (Wildman–Crippen MR) is 94.9 cm³/mol. The summed E-state index contributed by atoms with van der Waals surface area (Å²) in [5.74, 6) is -2.10. The van der Waals surface area contributed by atoms with Crippen LogP contribution in [0.25, 0.3) is 0 Å². The molecule has 1 aliphatic rings. The van der Waals surface area contributed by atoms with E-state index >= 15 is 0 Å². The van der Waals surface area contributed by atoms with E-state index in [0.29, 0.717) is 18.1 Å². The van der Waals surface area contributed by atoms with Gasteiger partial charge in [-0.1, -0.05) is 23.7 Å². The molecule has 136 valence electrons. The topological polar surface area (TPSA) is 71.4 Å². The third-order valence-corrected chi connectivity index (χ3v) is 4.57. The summed E-state index contributed by atoms with van der Waals surface area (Å²) in [5, 5.41) is 3.15. The molecule has 0 bridgehead atoms. The van der Waals surface area contributed by atoms with E-state index in [4.69, 9.17) is 11.6 Å². The van der Waals surface area contributed by atoms with Crippen molar-refractivity contribution in [1.29, 1.82) is 0 Å². The Kier molecular flexibility index (Phi) is 5.08. The second-order valence-corrected chi connectivity index (χ2v) is 6.34. The zero-order chi connectivity index (χ0) is 18.8. The van der Waals surface area contributed by atoms with Crippen molar-refractivity contribution in [2.24, 2.45) is 0 Å². The molecule has 0 atom stereocenters. The van der Waals surface area contributed by atoms with Gasteiger partial charge in [0.25, 0.3) is 17.4 Å². The van der Waals surface area contributed by atoms with Gasteiger partial charge < -0.3 is 10.2 Å². The summed E-state index contributed by atoms with van der Waals surface area (Å²) >= 11 is 5.80. The Labute approximate surface area is 154 Å². The largest absolute Gasteiger partial charge is 0.348 e. The molecule has 2 heterocycles. The van der Waals surface area contributed by atoms with Crippen LogP contribution in [0.5, 0.6) is 0 Å². The van der Waals surface area contributed by atoms with Crippen molar-refractivity contribution >= 4 is 23.4 Å². The first-order chi connectivity index (χ1) is 12.4. The van der Waals surface area contributed by atoms with Gasteiger partial charge in [0.05, 0.1) is 0 Å². The molecule has 2 aromatic rings. The summed E-state index contributed by atoms with van der Waals surface area (Å²) in [7, 11) is 0. The zero-order valence-corrected chi connectivity index (χ0v) is 14.8. The average molecular weight is 378 g/mol. The minimum Gasteiger partial charge on any atom is -0.348 e. The number of pyridine rings is 1. The molecule has 8 heteroatoms. The Hall–Kier alpha value is -2.67. The van der Waals surface area contributed by atoms with E-state index in [-0.39, 0.29) is 24.3 Å². The summed E-state index contributed by atoms with van der Waals surface area (Å²) in [6.45, 7) is 2.83. The lowest BCUT2D eigenvalue weighted by Crippen LogP contribution is -2.46. The van der Waals surface area contributed by atoms with Crippen molar-refractivity contribution < 1.29 is 14.0 Å². The van der Waals surface area contributed by atoms with Gasteiger partial charge in [0, 0.05) is 31.2 Å². The van der Waals surface area contributed by atoms with Gasteiger partial charge in [0.15, 0.2) is 5.82 Å². The molecule has 0 unspecified atom stereocenters. The minimum atomic E-state index is -0.871. The van der Waals surface area contributed by atoms with Crippen LogP contribution in [0.1, 0.15) is 33.3 Å². The number of rotatable bonds is 4. The third-order valence-electron chi connectivity index (χ3n) is 4.32. The van der Waals surface area contributed by atoms with Crippen LogP contribution in [0, 0.1) is 5.82 Å². The molecular formula is C18H17ClFN3O3. The van der Waals surface area contributed by atoms with Crippen LogP contribution in [0.4, 0.5) is 4.39 Å². The Bertz CT molecular complexity index is 925. The molecule has 0 spiro atoms. The highest BCUT2D eigenvalue weighted by Gasteiger charge is 2.30. The number of carbonyl (C=O) groups excluding carboxylic acids is 2. The fourth-order valence-corrected chi connectivity index (χ4v) is 3.01. The van der Waals surface area contributed by atoms with Crippen molar-refractivity contribution in [1.82, 2.24) is 14.8 Å². The van der Waals surface area contributed by atoms with Crippen molar-refractivity contribution in [3.8, 4) is 0 Å². The molecule has 2 amide bonds. The van der Waals surface area contributed by atoms with Crippen molar-refractivity contribution in [3.05, 3.63) is 68.3 Å². The maximum absolute atomic E-state index is 14.4. The number of hydrogen-bond donors (Lipinski definition) is 1. The summed E-state index contributed by atoms with van der Waals surface area (Å²) in [4.78, 5) is 38.6. The maximum Gasteiger partial charge on any atom is 0.273 e. The smallest absolute Gasteiger partial charge is 0.273 e. The van der Waals surface area contributed by atoms with Crippen LogP contribution in [0.15, 0.2) is 35.1 Å². The Morgan fingerprint density at radius 3 is 2.58 bits per heavy atom. The molecule has 1 N–H and O–H groups in total. The SMILES string of the molecule is CCN1CCn2c(c(F)cc(C(=O)NCc3ccc(Cl)cc3)c2=O)C1=O. The van der Waals surface area contributed by atoms with E-state index in [0.717, 1.165) is 16.2 Å². The molecule has 1 aliphatic heterocycles. The van der Waals surface area contributed by atoms with Gasteiger partial charge in [-0.15, -0.1) is 0 Å². The van der Waals surface area contributed by atoms with Crippen LogP contribution in [-0.2, 0) is 13.1 Å².